The normalized spacial score (nSPS) is 23.0. The van der Waals surface area contributed by atoms with Gasteiger partial charge in [-0.2, -0.15) is 18.6 Å². The number of hydrogen-bond donors (Lipinski definition) is 2. The van der Waals surface area contributed by atoms with Crippen molar-refractivity contribution in [2.24, 2.45) is 0 Å². The Bertz CT molecular complexity index is 989. The summed E-state index contributed by atoms with van der Waals surface area (Å²) in [5, 5.41) is 10.4. The van der Waals surface area contributed by atoms with Crippen LogP contribution in [0.25, 0.3) is 0 Å². The second kappa shape index (κ2) is 7.90. The Morgan fingerprint density at radius 1 is 1.29 bits per heavy atom. The number of fused-ring (bicyclic) bond motifs is 1. The molecule has 3 heterocycles. The van der Waals surface area contributed by atoms with E-state index in [-0.39, 0.29) is 0 Å². The highest BCUT2D eigenvalue weighted by molar-refractivity contribution is 7.99. The summed E-state index contributed by atoms with van der Waals surface area (Å²) in [4.78, 5) is 13.6. The molecule has 0 saturated carbocycles. The van der Waals surface area contributed by atoms with E-state index < -0.39 is 36.5 Å². The minimum Gasteiger partial charge on any atom is -0.482 e. The Balaban J connectivity index is 1.39. The summed E-state index contributed by atoms with van der Waals surface area (Å²) in [6, 6.07) is 10.4. The molecule has 2 bridgehead atoms. The van der Waals surface area contributed by atoms with E-state index in [0.717, 1.165) is 22.6 Å². The van der Waals surface area contributed by atoms with Crippen molar-refractivity contribution in [3.05, 3.63) is 53.6 Å². The third kappa shape index (κ3) is 4.18. The van der Waals surface area contributed by atoms with Crippen LogP contribution in [-0.2, 0) is 15.7 Å². The predicted molar refractivity (Wildman–Crippen MR) is 107 cm³/mol. The van der Waals surface area contributed by atoms with Crippen molar-refractivity contribution in [2.75, 3.05) is 24.4 Å². The van der Waals surface area contributed by atoms with Gasteiger partial charge in [-0.3, -0.25) is 5.01 Å². The largest absolute Gasteiger partial charge is 0.482 e. The number of nitrogens with zero attached hydrogens (tertiary/aromatic N) is 2. The van der Waals surface area contributed by atoms with Gasteiger partial charge >= 0.3 is 12.1 Å². The molecular formula is C20H20F3N3O4S. The lowest BCUT2D eigenvalue weighted by Gasteiger charge is -2.45. The summed E-state index contributed by atoms with van der Waals surface area (Å²) in [6.07, 6.45) is -4.79. The van der Waals surface area contributed by atoms with Gasteiger partial charge in [0.15, 0.2) is 6.61 Å². The number of rotatable bonds is 7. The molecule has 0 spiro atoms. The number of anilines is 1. The van der Waals surface area contributed by atoms with Crippen molar-refractivity contribution in [1.82, 2.24) is 10.3 Å². The number of ether oxygens (including phenoxy) is 2. The highest BCUT2D eigenvalue weighted by Gasteiger charge is 2.62. The van der Waals surface area contributed by atoms with Crippen LogP contribution < -0.4 is 15.2 Å². The number of hydrogen-bond acceptors (Lipinski definition) is 7. The minimum atomic E-state index is -4.38. The molecule has 2 N–H and O–H groups in total. The summed E-state index contributed by atoms with van der Waals surface area (Å²) in [7, 11) is 1.87. The molecule has 2 aromatic rings. The monoisotopic (exact) mass is 455 g/mol. The first-order valence-electron chi connectivity index (χ1n) is 9.32. The van der Waals surface area contributed by atoms with Crippen molar-refractivity contribution in [3.63, 3.8) is 0 Å². The molecule has 11 heteroatoms. The van der Waals surface area contributed by atoms with E-state index in [2.05, 4.69) is 5.43 Å². The highest BCUT2D eigenvalue weighted by Crippen LogP contribution is 2.44. The molecule has 2 atom stereocenters. The summed E-state index contributed by atoms with van der Waals surface area (Å²) in [5.41, 5.74) is 3.93. The minimum absolute atomic E-state index is 0.403. The number of benzene rings is 2. The zero-order valence-electron chi connectivity index (χ0n) is 16.6. The zero-order valence-corrected chi connectivity index (χ0v) is 17.5. The Hall–Kier alpha value is -2.47. The number of nitrogens with one attached hydrogen (secondary N) is 1. The van der Waals surface area contributed by atoms with E-state index in [1.165, 1.54) is 23.9 Å². The van der Waals surface area contributed by atoms with Crippen molar-refractivity contribution in [1.29, 1.82) is 0 Å². The number of hydrazine groups is 1. The Kier molecular flexibility index (Phi) is 5.54. The standard InChI is InChI=1S/C20H20F3N3O4S/c1-12-9-15(7-8-16(12)29-10-17(27)28)31-11-19-24-26(18(30-19)25(19)2)14-5-3-13(4-6-14)20(21,22)23/h3-9,18,24H,10-11H2,1-2H3,(H,27,28). The Morgan fingerprint density at radius 2 is 2.00 bits per heavy atom. The highest BCUT2D eigenvalue weighted by atomic mass is 32.2. The molecule has 3 fully saturated rings. The number of aryl methyl sites for hydroxylation is 1. The third-order valence-corrected chi connectivity index (χ3v) is 6.25. The smallest absolute Gasteiger partial charge is 0.416 e. The molecule has 0 aromatic heterocycles. The van der Waals surface area contributed by atoms with E-state index in [4.69, 9.17) is 14.6 Å². The lowest BCUT2D eigenvalue weighted by molar-refractivity contribution is -0.292. The van der Waals surface area contributed by atoms with Crippen LogP contribution in [-0.4, -0.2) is 47.6 Å². The fourth-order valence-electron chi connectivity index (χ4n) is 3.41. The first-order valence-corrected chi connectivity index (χ1v) is 10.3. The third-order valence-electron chi connectivity index (χ3n) is 5.12. The van der Waals surface area contributed by atoms with Gasteiger partial charge < -0.3 is 14.6 Å². The molecule has 3 aliphatic rings. The van der Waals surface area contributed by atoms with Gasteiger partial charge in [0.25, 0.3) is 0 Å². The lowest BCUT2D eigenvalue weighted by atomic mass is 10.2. The number of carboxylic acid groups (broad SMARTS) is 1. The quantitative estimate of drug-likeness (QED) is 0.615. The second-order valence-corrected chi connectivity index (χ2v) is 8.31. The number of halogens is 3. The van der Waals surface area contributed by atoms with Crippen LogP contribution in [0.15, 0.2) is 47.4 Å². The van der Waals surface area contributed by atoms with Crippen LogP contribution in [0.4, 0.5) is 18.9 Å². The Morgan fingerprint density at radius 3 is 2.58 bits per heavy atom. The van der Waals surface area contributed by atoms with E-state index in [0.29, 0.717) is 17.2 Å². The fourth-order valence-corrected chi connectivity index (χ4v) is 4.53. The molecule has 3 aliphatic heterocycles. The molecule has 3 saturated heterocycles. The zero-order chi connectivity index (χ0) is 22.4. The first-order chi connectivity index (χ1) is 14.6. The van der Waals surface area contributed by atoms with Gasteiger partial charge in [0.1, 0.15) is 5.75 Å². The van der Waals surface area contributed by atoms with Crippen LogP contribution in [0.5, 0.6) is 5.75 Å². The maximum atomic E-state index is 12.8. The van der Waals surface area contributed by atoms with Gasteiger partial charge in [-0.25, -0.2) is 9.69 Å². The maximum Gasteiger partial charge on any atom is 0.416 e. The van der Waals surface area contributed by atoms with Gasteiger partial charge in [0.05, 0.1) is 17.0 Å². The summed E-state index contributed by atoms with van der Waals surface area (Å²) in [5.74, 6) is -0.785. The summed E-state index contributed by atoms with van der Waals surface area (Å²) in [6.45, 7) is 1.43. The van der Waals surface area contributed by atoms with Gasteiger partial charge in [-0.15, -0.1) is 11.8 Å². The van der Waals surface area contributed by atoms with Crippen LogP contribution >= 0.6 is 11.8 Å². The molecule has 2 aromatic carbocycles. The van der Waals surface area contributed by atoms with Gasteiger partial charge in [-0.1, -0.05) is 0 Å². The van der Waals surface area contributed by atoms with Gasteiger partial charge in [0, 0.05) is 4.90 Å². The average molecular weight is 455 g/mol. The molecule has 2 unspecified atom stereocenters. The summed E-state index contributed by atoms with van der Waals surface area (Å²) < 4.78 is 49.6. The van der Waals surface area contributed by atoms with Gasteiger partial charge in [-0.05, 0) is 62.0 Å². The lowest BCUT2D eigenvalue weighted by Crippen LogP contribution is -2.65. The van der Waals surface area contributed by atoms with Crippen molar-refractivity contribution < 1.29 is 32.5 Å². The van der Waals surface area contributed by atoms with Crippen LogP contribution in [0.3, 0.4) is 0 Å². The van der Waals surface area contributed by atoms with E-state index in [1.807, 2.05) is 31.0 Å². The maximum absolute atomic E-state index is 12.8. The SMILES string of the molecule is Cc1cc(SCC23NN(c4ccc(C(F)(F)F)cc4)C(O2)N3C)ccc1OCC(=O)O. The molecule has 5 rings (SSSR count). The molecule has 0 amide bonds. The Labute approximate surface area is 180 Å². The fraction of sp³-hybridized carbons (Fsp3) is 0.350. The molecule has 7 nitrogen and oxygen atoms in total. The molecule has 0 aliphatic carbocycles. The van der Waals surface area contributed by atoms with Crippen LogP contribution in [0, 0.1) is 6.92 Å². The van der Waals surface area contributed by atoms with Crippen molar-refractivity contribution in [3.8, 4) is 5.75 Å². The number of thioether (sulfide) groups is 1. The topological polar surface area (TPSA) is 74.3 Å². The van der Waals surface area contributed by atoms with E-state index in [1.54, 1.807) is 11.1 Å². The molecule has 31 heavy (non-hydrogen) atoms. The van der Waals surface area contributed by atoms with Gasteiger partial charge in [0.2, 0.25) is 12.2 Å². The number of alkyl halides is 3. The molecule has 0 radical (unpaired) electrons. The first kappa shape index (κ1) is 21.8. The number of carbonyl (C=O) groups is 1. The van der Waals surface area contributed by atoms with E-state index in [9.17, 15) is 18.0 Å². The predicted octanol–water partition coefficient (Wildman–Crippen LogP) is 3.49. The van der Waals surface area contributed by atoms with E-state index >= 15 is 0 Å². The van der Waals surface area contributed by atoms with Crippen molar-refractivity contribution >= 4 is 23.4 Å². The average Bonchev–Trinajstić information content (AvgIpc) is 3.24. The molecular weight excluding hydrogens is 435 g/mol. The molecule has 166 valence electrons. The van der Waals surface area contributed by atoms with Crippen molar-refractivity contribution in [2.45, 2.75) is 30.2 Å². The number of carboxylic acids is 1. The van der Waals surface area contributed by atoms with Crippen LogP contribution in [0.1, 0.15) is 11.1 Å². The second-order valence-electron chi connectivity index (χ2n) is 7.26. The summed E-state index contributed by atoms with van der Waals surface area (Å²) >= 11 is 1.53. The number of aliphatic carboxylic acids is 1. The van der Waals surface area contributed by atoms with Crippen LogP contribution in [0.2, 0.25) is 0 Å².